The lowest BCUT2D eigenvalue weighted by molar-refractivity contribution is 0.960. The van der Waals surface area contributed by atoms with Gasteiger partial charge in [0, 0.05) is 24.8 Å². The highest BCUT2D eigenvalue weighted by Crippen LogP contribution is 2.33. The van der Waals surface area contributed by atoms with Crippen molar-refractivity contribution in [2.24, 2.45) is 0 Å². The average molecular weight is 265 g/mol. The molecule has 0 saturated carbocycles. The molecular weight excluding hydrogens is 250 g/mol. The van der Waals surface area contributed by atoms with Gasteiger partial charge in [0.05, 0.1) is 12.5 Å². The predicted molar refractivity (Wildman–Crippen MR) is 77.9 cm³/mol. The summed E-state index contributed by atoms with van der Waals surface area (Å²) in [5, 5.41) is 11.7. The number of nitriles is 1. The third kappa shape index (κ3) is 2.41. The van der Waals surface area contributed by atoms with Crippen molar-refractivity contribution in [3.8, 4) is 6.07 Å². The zero-order valence-electron chi connectivity index (χ0n) is 11.1. The van der Waals surface area contributed by atoms with Crippen molar-refractivity contribution in [3.63, 3.8) is 0 Å². The van der Waals surface area contributed by atoms with Gasteiger partial charge in [-0.05, 0) is 18.1 Å². The lowest BCUT2D eigenvalue weighted by atomic mass is 10.2. The maximum atomic E-state index is 8.55. The van der Waals surface area contributed by atoms with Gasteiger partial charge in [-0.1, -0.05) is 18.2 Å². The van der Waals surface area contributed by atoms with Crippen LogP contribution in [0.5, 0.6) is 0 Å². The second-order valence-corrected chi connectivity index (χ2v) is 4.63. The van der Waals surface area contributed by atoms with Crippen molar-refractivity contribution in [1.29, 1.82) is 5.26 Å². The molecule has 1 aromatic carbocycles. The van der Waals surface area contributed by atoms with E-state index in [2.05, 4.69) is 44.5 Å². The minimum atomic E-state index is 0.464. The number of rotatable bonds is 4. The minimum absolute atomic E-state index is 0.464. The Bertz CT molecular complexity index is 647. The highest BCUT2D eigenvalue weighted by Gasteiger charge is 2.20. The van der Waals surface area contributed by atoms with Gasteiger partial charge in [0.15, 0.2) is 0 Å². The van der Waals surface area contributed by atoms with Gasteiger partial charge in [0.2, 0.25) is 0 Å². The fourth-order valence-electron chi connectivity index (χ4n) is 2.41. The summed E-state index contributed by atoms with van der Waals surface area (Å²) in [5.41, 5.74) is 2.57. The molecule has 0 bridgehead atoms. The molecule has 100 valence electrons. The summed E-state index contributed by atoms with van der Waals surface area (Å²) in [6, 6.07) is 12.4. The lowest BCUT2D eigenvalue weighted by Crippen LogP contribution is -2.15. The van der Waals surface area contributed by atoms with E-state index >= 15 is 0 Å². The predicted octanol–water partition coefficient (Wildman–Crippen LogP) is 2.50. The van der Waals surface area contributed by atoms with E-state index in [1.165, 1.54) is 11.3 Å². The van der Waals surface area contributed by atoms with E-state index in [0.717, 1.165) is 24.6 Å². The largest absolute Gasteiger partial charge is 0.369 e. The SMILES string of the molecule is N#CCCNc1cc(N2CCc3ccccc32)ncn1. The van der Waals surface area contributed by atoms with Crippen LogP contribution in [-0.2, 0) is 6.42 Å². The molecule has 0 radical (unpaired) electrons. The van der Waals surface area contributed by atoms with Crippen molar-refractivity contribution >= 4 is 17.3 Å². The molecule has 5 nitrogen and oxygen atoms in total. The van der Waals surface area contributed by atoms with Crippen LogP contribution in [0, 0.1) is 11.3 Å². The average Bonchev–Trinajstić information content (AvgIpc) is 2.92. The first-order chi connectivity index (χ1) is 9.88. The van der Waals surface area contributed by atoms with Gasteiger partial charge in [-0.3, -0.25) is 0 Å². The first-order valence-corrected chi connectivity index (χ1v) is 6.67. The second kappa shape index (κ2) is 5.57. The summed E-state index contributed by atoms with van der Waals surface area (Å²) >= 11 is 0. The van der Waals surface area contributed by atoms with Crippen LogP contribution in [0.3, 0.4) is 0 Å². The molecule has 1 aliphatic heterocycles. The summed E-state index contributed by atoms with van der Waals surface area (Å²) in [6.07, 6.45) is 3.06. The highest BCUT2D eigenvalue weighted by atomic mass is 15.2. The maximum absolute atomic E-state index is 8.55. The van der Waals surface area contributed by atoms with Gasteiger partial charge < -0.3 is 10.2 Å². The van der Waals surface area contributed by atoms with E-state index in [4.69, 9.17) is 5.26 Å². The minimum Gasteiger partial charge on any atom is -0.369 e. The molecule has 0 spiro atoms. The normalized spacial score (nSPS) is 12.8. The number of nitrogens with one attached hydrogen (secondary N) is 1. The van der Waals surface area contributed by atoms with Crippen LogP contribution in [0.4, 0.5) is 17.3 Å². The lowest BCUT2D eigenvalue weighted by Gasteiger charge is -2.18. The van der Waals surface area contributed by atoms with E-state index in [9.17, 15) is 0 Å². The molecule has 3 rings (SSSR count). The number of benzene rings is 1. The van der Waals surface area contributed by atoms with Gasteiger partial charge in [-0.2, -0.15) is 5.26 Å². The molecule has 1 N–H and O–H groups in total. The topological polar surface area (TPSA) is 64.8 Å². The molecule has 0 atom stereocenters. The van der Waals surface area contributed by atoms with Crippen LogP contribution < -0.4 is 10.2 Å². The summed E-state index contributed by atoms with van der Waals surface area (Å²) in [6.45, 7) is 1.54. The number of aromatic nitrogens is 2. The Morgan fingerprint density at radius 1 is 1.30 bits per heavy atom. The molecule has 0 amide bonds. The molecule has 1 aromatic heterocycles. The van der Waals surface area contributed by atoms with Crippen molar-refractivity contribution in [1.82, 2.24) is 9.97 Å². The molecule has 0 saturated heterocycles. The number of nitrogens with zero attached hydrogens (tertiary/aromatic N) is 4. The highest BCUT2D eigenvalue weighted by molar-refractivity contribution is 5.68. The second-order valence-electron chi connectivity index (χ2n) is 4.63. The zero-order valence-corrected chi connectivity index (χ0v) is 11.1. The first kappa shape index (κ1) is 12.4. The Labute approximate surface area is 117 Å². The maximum Gasteiger partial charge on any atom is 0.138 e. The third-order valence-corrected chi connectivity index (χ3v) is 3.36. The Morgan fingerprint density at radius 2 is 2.20 bits per heavy atom. The van der Waals surface area contributed by atoms with Crippen molar-refractivity contribution in [2.45, 2.75) is 12.8 Å². The quantitative estimate of drug-likeness (QED) is 0.860. The van der Waals surface area contributed by atoms with E-state index < -0.39 is 0 Å². The van der Waals surface area contributed by atoms with Gasteiger partial charge >= 0.3 is 0 Å². The summed E-state index contributed by atoms with van der Waals surface area (Å²) < 4.78 is 0. The molecule has 1 aliphatic rings. The molecule has 0 aliphatic carbocycles. The van der Waals surface area contributed by atoms with Crippen molar-refractivity contribution in [3.05, 3.63) is 42.2 Å². The standard InChI is InChI=1S/C15H15N5/c16-7-3-8-17-14-10-15(19-11-18-14)20-9-6-12-4-1-2-5-13(12)20/h1-2,4-5,10-11H,3,6,8-9H2,(H,17,18,19). The van der Waals surface area contributed by atoms with E-state index in [1.807, 2.05) is 12.1 Å². The molecule has 0 unspecified atom stereocenters. The van der Waals surface area contributed by atoms with Crippen LogP contribution in [0.1, 0.15) is 12.0 Å². The van der Waals surface area contributed by atoms with E-state index in [-0.39, 0.29) is 0 Å². The number of anilines is 3. The zero-order chi connectivity index (χ0) is 13.8. The van der Waals surface area contributed by atoms with Crippen LogP contribution in [-0.4, -0.2) is 23.1 Å². The van der Waals surface area contributed by atoms with Crippen molar-refractivity contribution in [2.75, 3.05) is 23.3 Å². The summed E-state index contributed by atoms with van der Waals surface area (Å²) in [4.78, 5) is 10.7. The molecule has 2 heterocycles. The smallest absolute Gasteiger partial charge is 0.138 e. The number of fused-ring (bicyclic) bond motifs is 1. The number of hydrogen-bond donors (Lipinski definition) is 1. The molecule has 0 fully saturated rings. The summed E-state index contributed by atoms with van der Waals surface area (Å²) in [5.74, 6) is 1.65. The van der Waals surface area contributed by atoms with E-state index in [1.54, 1.807) is 6.33 Å². The van der Waals surface area contributed by atoms with Crippen LogP contribution >= 0.6 is 0 Å². The third-order valence-electron chi connectivity index (χ3n) is 3.36. The van der Waals surface area contributed by atoms with Gasteiger partial charge in [0.25, 0.3) is 0 Å². The van der Waals surface area contributed by atoms with E-state index in [0.29, 0.717) is 13.0 Å². The Morgan fingerprint density at radius 3 is 3.10 bits per heavy atom. The molecule has 2 aromatic rings. The van der Waals surface area contributed by atoms with Crippen LogP contribution in [0.15, 0.2) is 36.7 Å². The van der Waals surface area contributed by atoms with Gasteiger partial charge in [-0.15, -0.1) is 0 Å². The first-order valence-electron chi connectivity index (χ1n) is 6.67. The Kier molecular flexibility index (Phi) is 3.46. The van der Waals surface area contributed by atoms with Crippen LogP contribution in [0.25, 0.3) is 0 Å². The van der Waals surface area contributed by atoms with Crippen molar-refractivity contribution < 1.29 is 0 Å². The Hall–Kier alpha value is -2.61. The fourth-order valence-corrected chi connectivity index (χ4v) is 2.41. The van der Waals surface area contributed by atoms with Gasteiger partial charge in [0.1, 0.15) is 18.0 Å². The Balaban J connectivity index is 1.82. The van der Waals surface area contributed by atoms with Gasteiger partial charge in [-0.25, -0.2) is 9.97 Å². The fraction of sp³-hybridized carbons (Fsp3) is 0.267. The molecular formula is C15H15N5. The van der Waals surface area contributed by atoms with Crippen LogP contribution in [0.2, 0.25) is 0 Å². The number of hydrogen-bond acceptors (Lipinski definition) is 5. The molecule has 5 heteroatoms. The monoisotopic (exact) mass is 265 g/mol. The molecule has 20 heavy (non-hydrogen) atoms. The number of para-hydroxylation sites is 1. The summed E-state index contributed by atoms with van der Waals surface area (Å²) in [7, 11) is 0.